The molecule has 0 atom stereocenters. The smallest absolute Gasteiger partial charge is 0.433 e. The molecule has 2 fully saturated rings. The molecule has 3 aromatic rings. The predicted octanol–water partition coefficient (Wildman–Crippen LogP) is 4.70. The molecule has 1 amide bonds. The van der Waals surface area contributed by atoms with Crippen molar-refractivity contribution in [3.05, 3.63) is 76.1 Å². The molecule has 2 aliphatic heterocycles. The van der Waals surface area contributed by atoms with Crippen LogP contribution in [0.2, 0.25) is 0 Å². The van der Waals surface area contributed by atoms with Gasteiger partial charge in [-0.2, -0.15) is 13.2 Å². The molecule has 1 aromatic carbocycles. The summed E-state index contributed by atoms with van der Waals surface area (Å²) >= 11 is 1.66. The summed E-state index contributed by atoms with van der Waals surface area (Å²) in [7, 11) is 0. The number of nitrogens with zero attached hydrogens (tertiary/aromatic N) is 5. The molecule has 0 radical (unpaired) electrons. The number of hydrogen-bond acceptors (Lipinski definition) is 9. The van der Waals surface area contributed by atoms with Crippen LogP contribution < -0.4 is 15.1 Å². The number of ether oxygens (including phenoxy) is 1. The van der Waals surface area contributed by atoms with Crippen molar-refractivity contribution in [3.63, 3.8) is 0 Å². The van der Waals surface area contributed by atoms with Crippen LogP contribution >= 0.6 is 11.8 Å². The van der Waals surface area contributed by atoms with Crippen LogP contribution in [0.5, 0.6) is 5.75 Å². The fourth-order valence-electron chi connectivity index (χ4n) is 5.32. The average molecular weight is 618 g/mol. The van der Waals surface area contributed by atoms with Crippen molar-refractivity contribution >= 4 is 23.6 Å². The van der Waals surface area contributed by atoms with Gasteiger partial charge in [-0.3, -0.25) is 14.5 Å². The van der Waals surface area contributed by atoms with Crippen molar-refractivity contribution < 1.29 is 27.1 Å². The molecule has 0 spiro atoms. The first-order valence-electron chi connectivity index (χ1n) is 14.2. The highest BCUT2D eigenvalue weighted by molar-refractivity contribution is 7.98. The number of piperidine rings is 1. The second-order valence-corrected chi connectivity index (χ2v) is 11.5. The number of aromatic nitrogens is 2. The molecule has 5 rings (SSSR count). The summed E-state index contributed by atoms with van der Waals surface area (Å²) in [5.74, 6) is 0.616. The molecule has 13 heteroatoms. The van der Waals surface area contributed by atoms with Crippen LogP contribution in [0.3, 0.4) is 0 Å². The maximum absolute atomic E-state index is 13.3. The summed E-state index contributed by atoms with van der Waals surface area (Å²) in [5.41, 5.74) is -0.253. The molecule has 2 saturated heterocycles. The lowest BCUT2D eigenvalue weighted by Gasteiger charge is -2.34. The molecule has 2 aliphatic rings. The second kappa shape index (κ2) is 13.8. The van der Waals surface area contributed by atoms with Gasteiger partial charge in [0.1, 0.15) is 24.3 Å². The van der Waals surface area contributed by atoms with Gasteiger partial charge in [0.2, 0.25) is 23.0 Å². The van der Waals surface area contributed by atoms with Gasteiger partial charge in [-0.05, 0) is 49.3 Å². The zero-order chi connectivity index (χ0) is 30.4. The Morgan fingerprint density at radius 1 is 1.07 bits per heavy atom. The van der Waals surface area contributed by atoms with Crippen molar-refractivity contribution in [2.24, 2.45) is 5.92 Å². The minimum Gasteiger partial charge on any atom is -0.482 e. The third-order valence-electron chi connectivity index (χ3n) is 7.75. The van der Waals surface area contributed by atoms with Crippen LogP contribution in [-0.4, -0.2) is 71.2 Å². The van der Waals surface area contributed by atoms with Crippen molar-refractivity contribution in [1.29, 1.82) is 0 Å². The van der Waals surface area contributed by atoms with E-state index in [1.165, 1.54) is 12.3 Å². The minimum atomic E-state index is -4.53. The Kier molecular flexibility index (Phi) is 9.91. The Morgan fingerprint density at radius 2 is 1.84 bits per heavy atom. The van der Waals surface area contributed by atoms with E-state index in [2.05, 4.69) is 14.9 Å². The van der Waals surface area contributed by atoms with Crippen LogP contribution in [0.15, 0.2) is 63.0 Å². The van der Waals surface area contributed by atoms with E-state index in [4.69, 9.17) is 9.15 Å². The van der Waals surface area contributed by atoms with E-state index < -0.39 is 11.9 Å². The molecule has 0 unspecified atom stereocenters. The number of carbonyl (C=O) groups excluding carboxylic acids is 1. The van der Waals surface area contributed by atoms with Gasteiger partial charge >= 0.3 is 6.18 Å². The second-order valence-electron chi connectivity index (χ2n) is 10.7. The number of hydrogen-bond donors (Lipinski definition) is 0. The largest absolute Gasteiger partial charge is 0.482 e. The topological polar surface area (TPSA) is 92.0 Å². The highest BCUT2D eigenvalue weighted by Crippen LogP contribution is 2.29. The summed E-state index contributed by atoms with van der Waals surface area (Å²) in [6, 6.07) is 10.3. The Bertz CT molecular complexity index is 1440. The molecule has 0 saturated carbocycles. The van der Waals surface area contributed by atoms with E-state index in [1.807, 2.05) is 35.4 Å². The number of thioether (sulfide) groups is 1. The lowest BCUT2D eigenvalue weighted by atomic mass is 9.95. The van der Waals surface area contributed by atoms with Crippen LogP contribution in [0.1, 0.15) is 36.3 Å². The number of alkyl halides is 3. The van der Waals surface area contributed by atoms with Gasteiger partial charge in [0.05, 0.1) is 6.54 Å². The van der Waals surface area contributed by atoms with Crippen LogP contribution in [-0.2, 0) is 24.1 Å². The van der Waals surface area contributed by atoms with Crippen molar-refractivity contribution in [2.45, 2.75) is 43.5 Å². The van der Waals surface area contributed by atoms with E-state index in [1.54, 1.807) is 16.7 Å². The molecule has 2 aromatic heterocycles. The summed E-state index contributed by atoms with van der Waals surface area (Å²) in [6.07, 6.45) is 1.80. The Balaban J connectivity index is 1.09. The summed E-state index contributed by atoms with van der Waals surface area (Å²) in [4.78, 5) is 40.5. The Labute approximate surface area is 252 Å². The number of benzene rings is 1. The maximum atomic E-state index is 13.3. The average Bonchev–Trinajstić information content (AvgIpc) is 3.26. The quantitative estimate of drug-likeness (QED) is 0.334. The monoisotopic (exact) mass is 617 g/mol. The number of carbonyl (C=O) groups is 1. The van der Waals surface area contributed by atoms with E-state index in [9.17, 15) is 22.8 Å². The minimum absolute atomic E-state index is 0.0401. The first-order chi connectivity index (χ1) is 20.7. The molecule has 0 aliphatic carbocycles. The highest BCUT2D eigenvalue weighted by atomic mass is 32.2. The number of anilines is 1. The number of halogens is 3. The van der Waals surface area contributed by atoms with Crippen LogP contribution in [0.25, 0.3) is 0 Å². The predicted molar refractivity (Wildman–Crippen MR) is 156 cm³/mol. The fraction of sp³-hybridized carbons (Fsp3) is 0.467. The van der Waals surface area contributed by atoms with Gasteiger partial charge in [0.25, 0.3) is 0 Å². The molecule has 43 heavy (non-hydrogen) atoms. The van der Waals surface area contributed by atoms with Crippen LogP contribution in [0, 0.1) is 5.92 Å². The molecule has 0 N–H and O–H groups in total. The van der Waals surface area contributed by atoms with Crippen molar-refractivity contribution in [3.8, 4) is 5.75 Å². The molecular weight excluding hydrogens is 583 g/mol. The lowest BCUT2D eigenvalue weighted by molar-refractivity contribution is -0.141. The van der Waals surface area contributed by atoms with Gasteiger partial charge in [-0.15, -0.1) is 11.8 Å². The van der Waals surface area contributed by atoms with Crippen molar-refractivity contribution in [1.82, 2.24) is 19.8 Å². The van der Waals surface area contributed by atoms with Gasteiger partial charge in [-0.1, -0.05) is 12.1 Å². The van der Waals surface area contributed by atoms with Crippen LogP contribution in [0.4, 0.5) is 19.1 Å². The number of amides is 1. The normalized spacial score (nSPS) is 17.1. The molecular formula is C30H34F3N5O4S. The van der Waals surface area contributed by atoms with Crippen molar-refractivity contribution in [2.75, 3.05) is 50.4 Å². The molecule has 230 valence electrons. The van der Waals surface area contributed by atoms with Gasteiger partial charge in [0, 0.05) is 62.3 Å². The lowest BCUT2D eigenvalue weighted by Crippen LogP contribution is -2.44. The Morgan fingerprint density at radius 3 is 2.53 bits per heavy atom. The Hall–Kier alpha value is -3.58. The first-order valence-corrected chi connectivity index (χ1v) is 15.5. The van der Waals surface area contributed by atoms with Gasteiger partial charge in [0.15, 0.2) is 0 Å². The zero-order valence-electron chi connectivity index (χ0n) is 23.9. The van der Waals surface area contributed by atoms with Gasteiger partial charge in [-0.25, -0.2) is 9.97 Å². The SMILES string of the molecule is CSc1ccc(COc2coc(CN3CCCN(C(=O)C4CCN(c5nccc(C(F)(F)F)n5)CC4)CC3)cc2=O)cc1. The van der Waals surface area contributed by atoms with E-state index in [0.717, 1.165) is 35.7 Å². The van der Waals surface area contributed by atoms with E-state index in [0.29, 0.717) is 57.9 Å². The third-order valence-corrected chi connectivity index (χ3v) is 8.49. The van der Waals surface area contributed by atoms with E-state index in [-0.39, 0.29) is 35.6 Å². The molecule has 9 nitrogen and oxygen atoms in total. The van der Waals surface area contributed by atoms with E-state index >= 15 is 0 Å². The fourth-order valence-corrected chi connectivity index (χ4v) is 5.73. The highest BCUT2D eigenvalue weighted by Gasteiger charge is 2.34. The third kappa shape index (κ3) is 8.08. The molecule has 0 bridgehead atoms. The zero-order valence-corrected chi connectivity index (χ0v) is 24.7. The van der Waals surface area contributed by atoms with Gasteiger partial charge < -0.3 is 19.0 Å². The summed E-state index contributed by atoms with van der Waals surface area (Å²) in [5, 5.41) is 0. The summed E-state index contributed by atoms with van der Waals surface area (Å²) < 4.78 is 50.5. The summed E-state index contributed by atoms with van der Waals surface area (Å²) in [6.45, 7) is 4.12. The molecule has 4 heterocycles. The number of rotatable bonds is 8. The maximum Gasteiger partial charge on any atom is 0.433 e. The standard InChI is InChI=1S/C30H34F3N5O4S/c1-43-24-5-3-21(4-6-24)19-42-26-20-41-23(17-25(26)39)18-36-11-2-12-37(16-15-36)28(40)22-8-13-38(14-9-22)29-34-10-7-27(35-29)30(31,32)33/h3-7,10,17,20,22H,2,8-9,11-16,18-19H2,1H3. The first kappa shape index (κ1) is 30.9.